The van der Waals surface area contributed by atoms with Crippen LogP contribution in [0, 0.1) is 13.8 Å². The summed E-state index contributed by atoms with van der Waals surface area (Å²) >= 11 is 0. The van der Waals surface area contributed by atoms with Crippen molar-refractivity contribution in [3.8, 4) is 0 Å². The third-order valence-electron chi connectivity index (χ3n) is 4.72. The van der Waals surface area contributed by atoms with Gasteiger partial charge in [-0.25, -0.2) is 21.8 Å². The molecule has 0 saturated carbocycles. The lowest BCUT2D eigenvalue weighted by atomic mass is 10.4. The zero-order valence-electron chi connectivity index (χ0n) is 15.6. The van der Waals surface area contributed by atoms with Gasteiger partial charge in [0.2, 0.25) is 10.0 Å². The van der Waals surface area contributed by atoms with Crippen LogP contribution in [0.4, 0.5) is 0 Å². The largest absolute Gasteiger partial charge is 0.335 e. The van der Waals surface area contributed by atoms with Crippen LogP contribution < -0.4 is 0 Å². The van der Waals surface area contributed by atoms with Crippen LogP contribution in [0.25, 0.3) is 0 Å². The van der Waals surface area contributed by atoms with Crippen molar-refractivity contribution in [1.29, 1.82) is 0 Å². The van der Waals surface area contributed by atoms with Gasteiger partial charge in [-0.1, -0.05) is 0 Å². The third kappa shape index (κ3) is 3.53. The van der Waals surface area contributed by atoms with Crippen molar-refractivity contribution in [2.75, 3.05) is 26.2 Å². The molecule has 2 aromatic heterocycles. The van der Waals surface area contributed by atoms with Crippen molar-refractivity contribution in [2.45, 2.75) is 43.7 Å². The molecule has 1 N–H and O–H groups in total. The average molecular weight is 417 g/mol. The van der Waals surface area contributed by atoms with E-state index in [9.17, 15) is 16.8 Å². The van der Waals surface area contributed by atoms with Crippen LogP contribution in [0.15, 0.2) is 22.4 Å². The second-order valence-corrected chi connectivity index (χ2v) is 10.2. The van der Waals surface area contributed by atoms with Gasteiger partial charge < -0.3 is 4.98 Å². The molecule has 150 valence electrons. The number of aromatic nitrogens is 4. The van der Waals surface area contributed by atoms with E-state index in [1.807, 2.05) is 6.92 Å². The Labute approximate surface area is 159 Å². The second kappa shape index (κ2) is 7.34. The van der Waals surface area contributed by atoms with Crippen LogP contribution in [0.3, 0.4) is 0 Å². The number of hydrogen-bond acceptors (Lipinski definition) is 6. The van der Waals surface area contributed by atoms with Crippen molar-refractivity contribution >= 4 is 20.0 Å². The van der Waals surface area contributed by atoms with Gasteiger partial charge in [-0.2, -0.15) is 13.7 Å². The van der Waals surface area contributed by atoms with E-state index in [2.05, 4.69) is 15.1 Å². The molecular formula is C15H24N6O4S2. The van der Waals surface area contributed by atoms with E-state index in [-0.39, 0.29) is 36.1 Å². The molecule has 3 rings (SSSR count). The number of aromatic amines is 1. The Balaban J connectivity index is 1.85. The Morgan fingerprint density at radius 2 is 1.67 bits per heavy atom. The van der Waals surface area contributed by atoms with E-state index in [4.69, 9.17) is 0 Å². The molecular weight excluding hydrogens is 392 g/mol. The van der Waals surface area contributed by atoms with Gasteiger partial charge in [0.05, 0.1) is 23.9 Å². The van der Waals surface area contributed by atoms with Gasteiger partial charge in [0.1, 0.15) is 4.90 Å². The quantitative estimate of drug-likeness (QED) is 0.750. The van der Waals surface area contributed by atoms with Crippen LogP contribution in [0.1, 0.15) is 24.7 Å². The fourth-order valence-electron chi connectivity index (χ4n) is 3.36. The lowest BCUT2D eigenvalue weighted by molar-refractivity contribution is 0.403. The number of nitrogens with one attached hydrogen (secondary N) is 1. The Morgan fingerprint density at radius 1 is 1.04 bits per heavy atom. The van der Waals surface area contributed by atoms with E-state index in [1.165, 1.54) is 21.1 Å². The summed E-state index contributed by atoms with van der Waals surface area (Å²) in [5.74, 6) is 0. The summed E-state index contributed by atoms with van der Waals surface area (Å²) in [6.45, 7) is 6.58. The monoisotopic (exact) mass is 416 g/mol. The first-order valence-electron chi connectivity index (χ1n) is 8.72. The van der Waals surface area contributed by atoms with E-state index >= 15 is 0 Å². The van der Waals surface area contributed by atoms with E-state index in [0.29, 0.717) is 24.4 Å². The Hall–Kier alpha value is -1.76. The molecule has 0 bridgehead atoms. The number of nitrogens with zero attached hydrogens (tertiary/aromatic N) is 5. The lowest BCUT2D eigenvalue weighted by Crippen LogP contribution is -2.37. The highest BCUT2D eigenvalue weighted by Gasteiger charge is 2.34. The Kier molecular flexibility index (Phi) is 5.43. The molecule has 0 atom stereocenters. The molecule has 0 aliphatic carbocycles. The van der Waals surface area contributed by atoms with Gasteiger partial charge in [0.25, 0.3) is 10.0 Å². The molecule has 27 heavy (non-hydrogen) atoms. The number of rotatable bonds is 5. The average Bonchev–Trinajstić information content (AvgIpc) is 3.15. The van der Waals surface area contributed by atoms with Gasteiger partial charge in [0.15, 0.2) is 5.03 Å². The molecule has 12 heteroatoms. The third-order valence-corrected chi connectivity index (χ3v) is 8.69. The van der Waals surface area contributed by atoms with Crippen LogP contribution in [0.2, 0.25) is 0 Å². The minimum absolute atomic E-state index is 0.00900. The molecule has 1 aliphatic heterocycles. The van der Waals surface area contributed by atoms with Gasteiger partial charge in [-0.15, -0.1) is 0 Å². The highest BCUT2D eigenvalue weighted by Crippen LogP contribution is 2.25. The standard InChI is InChI=1S/C15H24N6O4S2/c1-4-21-13(3)15(12(2)18-21)27(24,25)20-7-5-6-19(8-9-20)26(22,23)14-10-16-11-17-14/h10-11H,4-9H2,1-3H3,(H,16,17). The fourth-order valence-corrected chi connectivity index (χ4v) is 6.57. The van der Waals surface area contributed by atoms with E-state index in [1.54, 1.807) is 18.5 Å². The number of hydrogen-bond donors (Lipinski definition) is 1. The second-order valence-electron chi connectivity index (χ2n) is 6.39. The highest BCUT2D eigenvalue weighted by molar-refractivity contribution is 7.89. The van der Waals surface area contributed by atoms with Gasteiger partial charge >= 0.3 is 0 Å². The molecule has 0 radical (unpaired) electrons. The smallest absolute Gasteiger partial charge is 0.260 e. The summed E-state index contributed by atoms with van der Waals surface area (Å²) in [4.78, 5) is 6.57. The van der Waals surface area contributed by atoms with Crippen LogP contribution in [-0.4, -0.2) is 71.4 Å². The number of sulfonamides is 2. The molecule has 10 nitrogen and oxygen atoms in total. The van der Waals surface area contributed by atoms with Crippen LogP contribution in [0.5, 0.6) is 0 Å². The van der Waals surface area contributed by atoms with Crippen molar-refractivity contribution in [3.63, 3.8) is 0 Å². The maximum absolute atomic E-state index is 13.2. The van der Waals surface area contributed by atoms with Crippen LogP contribution in [-0.2, 0) is 26.6 Å². The molecule has 0 aromatic carbocycles. The van der Waals surface area contributed by atoms with Crippen molar-refractivity contribution in [3.05, 3.63) is 23.9 Å². The summed E-state index contributed by atoms with van der Waals surface area (Å²) in [6, 6.07) is 0. The molecule has 0 spiro atoms. The van der Waals surface area contributed by atoms with E-state index in [0.717, 1.165) is 0 Å². The maximum Gasteiger partial charge on any atom is 0.260 e. The molecule has 3 heterocycles. The summed E-state index contributed by atoms with van der Waals surface area (Å²) in [7, 11) is -7.46. The Bertz CT molecular complexity index is 1010. The van der Waals surface area contributed by atoms with Crippen molar-refractivity contribution in [1.82, 2.24) is 28.4 Å². The molecule has 0 amide bonds. The predicted octanol–water partition coefficient (Wildman–Crippen LogP) is 0.328. The van der Waals surface area contributed by atoms with Crippen molar-refractivity contribution < 1.29 is 16.8 Å². The van der Waals surface area contributed by atoms with Crippen molar-refractivity contribution in [2.24, 2.45) is 0 Å². The SMILES string of the molecule is CCn1nc(C)c(S(=O)(=O)N2CCCN(S(=O)(=O)c3cnc[nH]3)CC2)c1C. The normalized spacial score (nSPS) is 17.9. The summed E-state index contributed by atoms with van der Waals surface area (Å²) in [6.07, 6.45) is 2.96. The number of H-pyrrole nitrogens is 1. The summed E-state index contributed by atoms with van der Waals surface area (Å²) < 4.78 is 56.0. The molecule has 2 aromatic rings. The zero-order valence-corrected chi connectivity index (χ0v) is 17.2. The van der Waals surface area contributed by atoms with Gasteiger partial charge in [0, 0.05) is 32.7 Å². The first-order valence-corrected chi connectivity index (χ1v) is 11.6. The van der Waals surface area contributed by atoms with Gasteiger partial charge in [-0.3, -0.25) is 4.68 Å². The maximum atomic E-state index is 13.2. The summed E-state index contributed by atoms with van der Waals surface area (Å²) in [5, 5.41) is 4.30. The van der Waals surface area contributed by atoms with Gasteiger partial charge in [-0.05, 0) is 27.2 Å². The lowest BCUT2D eigenvalue weighted by Gasteiger charge is -2.21. The summed E-state index contributed by atoms with van der Waals surface area (Å²) in [5.41, 5.74) is 1.06. The molecule has 1 aliphatic rings. The molecule has 1 saturated heterocycles. The Morgan fingerprint density at radius 3 is 2.19 bits per heavy atom. The van der Waals surface area contributed by atoms with E-state index < -0.39 is 20.0 Å². The van der Waals surface area contributed by atoms with Crippen LogP contribution >= 0.6 is 0 Å². The molecule has 1 fully saturated rings. The topological polar surface area (TPSA) is 121 Å². The highest BCUT2D eigenvalue weighted by atomic mass is 32.2. The minimum Gasteiger partial charge on any atom is -0.335 e. The molecule has 0 unspecified atom stereocenters. The zero-order chi connectivity index (χ0) is 19.8. The minimum atomic E-state index is -3.75. The first-order chi connectivity index (χ1) is 12.7. The number of imidazole rings is 1. The number of aryl methyl sites for hydroxylation is 2. The predicted molar refractivity (Wildman–Crippen MR) is 98.1 cm³/mol. The first kappa shape index (κ1) is 20.0. The fraction of sp³-hybridized carbons (Fsp3) is 0.600.